The van der Waals surface area contributed by atoms with E-state index in [0.29, 0.717) is 18.9 Å². The molecule has 0 bridgehead atoms. The van der Waals surface area contributed by atoms with Gasteiger partial charge in [0.1, 0.15) is 5.75 Å². The van der Waals surface area contributed by atoms with Crippen LogP contribution in [0, 0.1) is 5.41 Å². The van der Waals surface area contributed by atoms with Crippen molar-refractivity contribution in [3.05, 3.63) is 48.0 Å². The van der Waals surface area contributed by atoms with E-state index in [2.05, 4.69) is 36.7 Å². The second-order valence-electron chi connectivity index (χ2n) is 7.32. The standard InChI is InChI=1S/C24H29N3O3/c1-5-13-30-19-11-12-20-21(15-25)23(27(16(3)4)22(20)14-19)17-7-9-18(10-8-17)26-24(28)29-6-2/h7-12,14-16,25H,5-6,13H2,1-4H3,(H,26,28). The van der Waals surface area contributed by atoms with Crippen LogP contribution < -0.4 is 10.1 Å². The summed E-state index contributed by atoms with van der Waals surface area (Å²) in [6.45, 7) is 9.12. The van der Waals surface area contributed by atoms with Crippen molar-refractivity contribution in [2.75, 3.05) is 18.5 Å². The van der Waals surface area contributed by atoms with Gasteiger partial charge >= 0.3 is 6.09 Å². The van der Waals surface area contributed by atoms with Crippen molar-refractivity contribution >= 4 is 28.9 Å². The lowest BCUT2D eigenvalue weighted by Gasteiger charge is -2.16. The average molecular weight is 408 g/mol. The van der Waals surface area contributed by atoms with Gasteiger partial charge in [0.05, 0.1) is 24.4 Å². The lowest BCUT2D eigenvalue weighted by atomic mass is 10.1. The van der Waals surface area contributed by atoms with E-state index in [4.69, 9.17) is 14.9 Å². The van der Waals surface area contributed by atoms with E-state index in [9.17, 15) is 4.79 Å². The molecule has 6 heteroatoms. The summed E-state index contributed by atoms with van der Waals surface area (Å²) in [5, 5.41) is 11.8. The third-order valence-corrected chi connectivity index (χ3v) is 4.83. The Balaban J connectivity index is 2.09. The zero-order chi connectivity index (χ0) is 21.7. The van der Waals surface area contributed by atoms with Gasteiger partial charge in [-0.2, -0.15) is 0 Å². The summed E-state index contributed by atoms with van der Waals surface area (Å²) in [6.07, 6.45) is 1.89. The number of carbonyl (C=O) groups is 1. The normalized spacial score (nSPS) is 11.0. The summed E-state index contributed by atoms with van der Waals surface area (Å²) < 4.78 is 13.0. The molecular formula is C24H29N3O3. The molecule has 6 nitrogen and oxygen atoms in total. The fourth-order valence-electron chi connectivity index (χ4n) is 3.60. The van der Waals surface area contributed by atoms with Gasteiger partial charge in [0, 0.05) is 35.0 Å². The summed E-state index contributed by atoms with van der Waals surface area (Å²) >= 11 is 0. The maximum atomic E-state index is 11.7. The van der Waals surface area contributed by atoms with E-state index in [1.165, 1.54) is 6.21 Å². The molecule has 0 radical (unpaired) electrons. The molecule has 2 aromatic carbocycles. The zero-order valence-corrected chi connectivity index (χ0v) is 18.0. The topological polar surface area (TPSA) is 76.3 Å². The first-order valence-corrected chi connectivity index (χ1v) is 10.4. The Morgan fingerprint density at radius 3 is 2.50 bits per heavy atom. The highest BCUT2D eigenvalue weighted by atomic mass is 16.5. The van der Waals surface area contributed by atoms with Crippen LogP contribution in [0.4, 0.5) is 10.5 Å². The maximum Gasteiger partial charge on any atom is 0.411 e. The Morgan fingerprint density at radius 2 is 1.90 bits per heavy atom. The molecule has 0 saturated heterocycles. The van der Waals surface area contributed by atoms with Crippen LogP contribution in [0.5, 0.6) is 5.75 Å². The Hall–Kier alpha value is -3.28. The number of hydrogen-bond acceptors (Lipinski definition) is 4. The van der Waals surface area contributed by atoms with Gasteiger partial charge in [-0.1, -0.05) is 19.1 Å². The molecule has 0 saturated carbocycles. The number of aromatic nitrogens is 1. The highest BCUT2D eigenvalue weighted by Crippen LogP contribution is 2.37. The minimum Gasteiger partial charge on any atom is -0.494 e. The van der Waals surface area contributed by atoms with E-state index >= 15 is 0 Å². The second-order valence-corrected chi connectivity index (χ2v) is 7.32. The summed E-state index contributed by atoms with van der Waals surface area (Å²) in [5.41, 5.74) is 4.53. The number of ether oxygens (including phenoxy) is 2. The van der Waals surface area contributed by atoms with Crippen molar-refractivity contribution in [1.29, 1.82) is 5.41 Å². The van der Waals surface area contributed by atoms with Crippen molar-refractivity contribution < 1.29 is 14.3 Å². The Labute approximate surface area is 177 Å². The van der Waals surface area contributed by atoms with E-state index in [1.54, 1.807) is 6.92 Å². The predicted octanol–water partition coefficient (Wildman–Crippen LogP) is 6.24. The van der Waals surface area contributed by atoms with Gasteiger partial charge in [-0.3, -0.25) is 5.32 Å². The largest absolute Gasteiger partial charge is 0.494 e. The van der Waals surface area contributed by atoms with Crippen LogP contribution in [-0.2, 0) is 4.74 Å². The Morgan fingerprint density at radius 1 is 1.17 bits per heavy atom. The molecule has 3 aromatic rings. The summed E-state index contributed by atoms with van der Waals surface area (Å²) in [4.78, 5) is 11.7. The number of benzene rings is 2. The van der Waals surface area contributed by atoms with Crippen LogP contribution in [0.1, 0.15) is 45.7 Å². The summed E-state index contributed by atoms with van der Waals surface area (Å²) in [7, 11) is 0. The highest BCUT2D eigenvalue weighted by molar-refractivity contribution is 6.06. The lowest BCUT2D eigenvalue weighted by Crippen LogP contribution is -2.13. The average Bonchev–Trinajstić information content (AvgIpc) is 3.06. The second kappa shape index (κ2) is 9.48. The molecule has 158 valence electrons. The number of carbonyl (C=O) groups excluding carboxylic acids is 1. The summed E-state index contributed by atoms with van der Waals surface area (Å²) in [6, 6.07) is 13.8. The van der Waals surface area contributed by atoms with Gasteiger partial charge in [-0.15, -0.1) is 0 Å². The van der Waals surface area contributed by atoms with Crippen LogP contribution in [0.3, 0.4) is 0 Å². The molecular weight excluding hydrogens is 378 g/mol. The van der Waals surface area contributed by atoms with E-state index < -0.39 is 6.09 Å². The number of fused-ring (bicyclic) bond motifs is 1. The zero-order valence-electron chi connectivity index (χ0n) is 18.0. The van der Waals surface area contributed by atoms with Crippen molar-refractivity contribution in [3.8, 4) is 17.0 Å². The Kier molecular flexibility index (Phi) is 6.77. The van der Waals surface area contributed by atoms with Crippen LogP contribution in [0.15, 0.2) is 42.5 Å². The van der Waals surface area contributed by atoms with E-state index in [0.717, 1.165) is 39.9 Å². The first-order valence-electron chi connectivity index (χ1n) is 10.4. The number of nitrogens with zero attached hydrogens (tertiary/aromatic N) is 1. The van der Waals surface area contributed by atoms with Gasteiger partial charge in [0.2, 0.25) is 0 Å². The molecule has 1 heterocycles. The number of amides is 1. The minimum atomic E-state index is -0.471. The van der Waals surface area contributed by atoms with Crippen molar-refractivity contribution in [1.82, 2.24) is 4.57 Å². The van der Waals surface area contributed by atoms with E-state index in [-0.39, 0.29) is 6.04 Å². The first kappa shape index (κ1) is 21.4. The molecule has 0 fully saturated rings. The SMILES string of the molecule is CCCOc1ccc2c(C=N)c(-c3ccc(NC(=O)OCC)cc3)n(C(C)C)c2c1. The third kappa shape index (κ3) is 4.32. The molecule has 2 N–H and O–H groups in total. The molecule has 1 aromatic heterocycles. The molecule has 0 atom stereocenters. The number of nitrogens with one attached hydrogen (secondary N) is 2. The van der Waals surface area contributed by atoms with Gasteiger partial charge in [0.15, 0.2) is 0 Å². The third-order valence-electron chi connectivity index (χ3n) is 4.83. The van der Waals surface area contributed by atoms with Crippen LogP contribution >= 0.6 is 0 Å². The van der Waals surface area contributed by atoms with E-state index in [1.807, 2.05) is 36.4 Å². The maximum absolute atomic E-state index is 11.7. The van der Waals surface area contributed by atoms with Gasteiger partial charge in [-0.05, 0) is 57.0 Å². The Bertz CT molecular complexity index is 1040. The molecule has 0 aliphatic carbocycles. The van der Waals surface area contributed by atoms with Crippen LogP contribution in [-0.4, -0.2) is 30.1 Å². The number of anilines is 1. The monoisotopic (exact) mass is 407 g/mol. The van der Waals surface area contributed by atoms with Crippen LogP contribution in [0.2, 0.25) is 0 Å². The molecule has 0 spiro atoms. The number of hydrogen-bond donors (Lipinski definition) is 2. The molecule has 3 rings (SSSR count). The van der Waals surface area contributed by atoms with Gasteiger partial charge in [0.25, 0.3) is 0 Å². The fourth-order valence-corrected chi connectivity index (χ4v) is 3.60. The lowest BCUT2D eigenvalue weighted by molar-refractivity contribution is 0.168. The van der Waals surface area contributed by atoms with Crippen molar-refractivity contribution in [2.45, 2.75) is 40.2 Å². The smallest absolute Gasteiger partial charge is 0.411 e. The predicted molar refractivity (Wildman–Crippen MR) is 122 cm³/mol. The highest BCUT2D eigenvalue weighted by Gasteiger charge is 2.20. The minimum absolute atomic E-state index is 0.190. The quantitative estimate of drug-likeness (QED) is 0.434. The number of rotatable bonds is 8. The molecule has 0 aliphatic rings. The molecule has 30 heavy (non-hydrogen) atoms. The van der Waals surface area contributed by atoms with Crippen molar-refractivity contribution in [3.63, 3.8) is 0 Å². The molecule has 0 unspecified atom stereocenters. The first-order chi connectivity index (χ1) is 14.5. The van der Waals surface area contributed by atoms with Gasteiger partial charge < -0.3 is 19.5 Å². The fraction of sp³-hybridized carbons (Fsp3) is 0.333. The molecule has 1 amide bonds. The molecule has 0 aliphatic heterocycles. The van der Waals surface area contributed by atoms with Crippen LogP contribution in [0.25, 0.3) is 22.2 Å². The van der Waals surface area contributed by atoms with Gasteiger partial charge in [-0.25, -0.2) is 4.79 Å². The van der Waals surface area contributed by atoms with Crippen molar-refractivity contribution in [2.24, 2.45) is 0 Å². The summed E-state index contributed by atoms with van der Waals surface area (Å²) in [5.74, 6) is 0.834.